The number of halogens is 1. The van der Waals surface area contributed by atoms with Crippen molar-refractivity contribution in [2.45, 2.75) is 31.7 Å². The topological polar surface area (TPSA) is 50.4 Å². The van der Waals surface area contributed by atoms with E-state index in [1.165, 1.54) is 5.56 Å². The molecule has 2 aromatic rings. The van der Waals surface area contributed by atoms with Gasteiger partial charge < -0.3 is 15.4 Å². The first-order chi connectivity index (χ1) is 11.8. The first-order valence-electron chi connectivity index (χ1n) is 8.51. The lowest BCUT2D eigenvalue weighted by Gasteiger charge is -2.22. The summed E-state index contributed by atoms with van der Waals surface area (Å²) in [6, 6.07) is 16.0. The highest BCUT2D eigenvalue weighted by Gasteiger charge is 2.20. The van der Waals surface area contributed by atoms with Gasteiger partial charge in [0.2, 0.25) is 5.91 Å². The number of benzene rings is 2. The van der Waals surface area contributed by atoms with Gasteiger partial charge in [0.1, 0.15) is 5.75 Å². The van der Waals surface area contributed by atoms with Gasteiger partial charge in [0, 0.05) is 17.7 Å². The molecule has 3 rings (SSSR count). The molecule has 0 aromatic heterocycles. The summed E-state index contributed by atoms with van der Waals surface area (Å²) in [5.41, 5.74) is 3.10. The molecule has 134 valence electrons. The molecule has 0 aliphatic carbocycles. The number of carbonyl (C=O) groups is 1. The zero-order chi connectivity index (χ0) is 16.8. The second kappa shape index (κ2) is 9.44. The van der Waals surface area contributed by atoms with E-state index in [1.54, 1.807) is 7.11 Å². The molecule has 25 heavy (non-hydrogen) atoms. The number of rotatable bonds is 5. The Morgan fingerprint density at radius 1 is 1.20 bits per heavy atom. The van der Waals surface area contributed by atoms with Crippen LogP contribution in [0, 0.1) is 0 Å². The minimum atomic E-state index is -0.0848. The number of hydrogen-bond acceptors (Lipinski definition) is 3. The van der Waals surface area contributed by atoms with Crippen molar-refractivity contribution < 1.29 is 9.53 Å². The standard InChI is InChI=1S/C20H24N2O2.ClH/c1-24-19-11-10-17(22-20(23)18-9-5-6-12-21-18)14-16(19)13-15-7-3-2-4-8-15;/h2-4,7-8,10-11,14,18,21H,5-6,9,12-13H2,1H3,(H,22,23);1H. The van der Waals surface area contributed by atoms with Crippen LogP contribution in [0.15, 0.2) is 48.5 Å². The molecule has 5 heteroatoms. The molecule has 0 saturated carbocycles. The quantitative estimate of drug-likeness (QED) is 0.853. The molecule has 0 spiro atoms. The number of piperidine rings is 1. The van der Waals surface area contributed by atoms with Crippen LogP contribution in [0.25, 0.3) is 0 Å². The fourth-order valence-electron chi connectivity index (χ4n) is 3.12. The van der Waals surface area contributed by atoms with Gasteiger partial charge in [0.05, 0.1) is 13.2 Å². The van der Waals surface area contributed by atoms with Crippen molar-refractivity contribution in [2.75, 3.05) is 19.0 Å². The number of methoxy groups -OCH3 is 1. The van der Waals surface area contributed by atoms with Crippen molar-refractivity contribution in [2.24, 2.45) is 0 Å². The molecular weight excluding hydrogens is 336 g/mol. The maximum atomic E-state index is 12.4. The van der Waals surface area contributed by atoms with Gasteiger partial charge in [-0.25, -0.2) is 0 Å². The average Bonchev–Trinajstić information content (AvgIpc) is 2.63. The SMILES string of the molecule is COc1ccc(NC(=O)C2CCCCN2)cc1Cc1ccccc1.Cl. The molecule has 1 atom stereocenters. The average molecular weight is 361 g/mol. The van der Waals surface area contributed by atoms with E-state index in [4.69, 9.17) is 4.74 Å². The molecule has 2 N–H and O–H groups in total. The zero-order valence-corrected chi connectivity index (χ0v) is 15.3. The van der Waals surface area contributed by atoms with Crippen molar-refractivity contribution in [3.05, 3.63) is 59.7 Å². The molecule has 0 radical (unpaired) electrons. The van der Waals surface area contributed by atoms with Gasteiger partial charge in [-0.3, -0.25) is 4.79 Å². The maximum absolute atomic E-state index is 12.4. The Morgan fingerprint density at radius 2 is 2.00 bits per heavy atom. The van der Waals surface area contributed by atoms with E-state index in [1.807, 2.05) is 36.4 Å². The lowest BCUT2D eigenvalue weighted by atomic mass is 10.0. The van der Waals surface area contributed by atoms with Crippen LogP contribution in [0.2, 0.25) is 0 Å². The van der Waals surface area contributed by atoms with Crippen molar-refractivity contribution in [3.63, 3.8) is 0 Å². The van der Waals surface area contributed by atoms with E-state index in [-0.39, 0.29) is 24.4 Å². The highest BCUT2D eigenvalue weighted by atomic mass is 35.5. The van der Waals surface area contributed by atoms with Crippen LogP contribution in [-0.2, 0) is 11.2 Å². The number of amides is 1. The van der Waals surface area contributed by atoms with Crippen molar-refractivity contribution in [1.29, 1.82) is 0 Å². The minimum absolute atomic E-state index is 0. The zero-order valence-electron chi connectivity index (χ0n) is 14.5. The summed E-state index contributed by atoms with van der Waals surface area (Å²) in [5, 5.41) is 6.31. The lowest BCUT2D eigenvalue weighted by molar-refractivity contribution is -0.118. The van der Waals surface area contributed by atoms with E-state index in [2.05, 4.69) is 22.8 Å². The number of hydrogen-bond donors (Lipinski definition) is 2. The molecule has 1 unspecified atom stereocenters. The Morgan fingerprint density at radius 3 is 2.68 bits per heavy atom. The van der Waals surface area contributed by atoms with Gasteiger partial charge in [0.15, 0.2) is 0 Å². The van der Waals surface area contributed by atoms with E-state index >= 15 is 0 Å². The number of carbonyl (C=O) groups excluding carboxylic acids is 1. The van der Waals surface area contributed by atoms with Crippen LogP contribution < -0.4 is 15.4 Å². The number of ether oxygens (including phenoxy) is 1. The van der Waals surface area contributed by atoms with Gasteiger partial charge in [0.25, 0.3) is 0 Å². The second-order valence-corrected chi connectivity index (χ2v) is 6.18. The molecule has 1 aliphatic heterocycles. The minimum Gasteiger partial charge on any atom is -0.496 e. The smallest absolute Gasteiger partial charge is 0.241 e. The molecule has 1 heterocycles. The van der Waals surface area contributed by atoms with E-state index < -0.39 is 0 Å². The summed E-state index contributed by atoms with van der Waals surface area (Å²) in [5.74, 6) is 0.887. The Hall–Kier alpha value is -2.04. The van der Waals surface area contributed by atoms with Gasteiger partial charge in [-0.1, -0.05) is 36.8 Å². The molecule has 1 amide bonds. The molecule has 4 nitrogen and oxygen atoms in total. The summed E-state index contributed by atoms with van der Waals surface area (Å²) in [4.78, 5) is 12.4. The first-order valence-corrected chi connectivity index (χ1v) is 8.51. The van der Waals surface area contributed by atoms with Crippen LogP contribution in [0.1, 0.15) is 30.4 Å². The third kappa shape index (κ3) is 5.21. The third-order valence-corrected chi connectivity index (χ3v) is 4.41. The maximum Gasteiger partial charge on any atom is 0.241 e. The van der Waals surface area contributed by atoms with Crippen molar-refractivity contribution in [1.82, 2.24) is 5.32 Å². The number of nitrogens with one attached hydrogen (secondary N) is 2. The van der Waals surface area contributed by atoms with Crippen LogP contribution in [0.3, 0.4) is 0 Å². The van der Waals surface area contributed by atoms with Crippen LogP contribution in [-0.4, -0.2) is 25.6 Å². The molecule has 1 fully saturated rings. The third-order valence-electron chi connectivity index (χ3n) is 4.41. The monoisotopic (exact) mass is 360 g/mol. The largest absolute Gasteiger partial charge is 0.496 e. The number of anilines is 1. The first kappa shape index (κ1) is 19.3. The normalized spacial score (nSPS) is 16.6. The lowest BCUT2D eigenvalue weighted by Crippen LogP contribution is -2.43. The molecule has 1 saturated heterocycles. The molecular formula is C20H25ClN2O2. The fourth-order valence-corrected chi connectivity index (χ4v) is 3.12. The van der Waals surface area contributed by atoms with E-state index in [0.717, 1.165) is 49.2 Å². The van der Waals surface area contributed by atoms with Gasteiger partial charge in [-0.05, 0) is 43.1 Å². The van der Waals surface area contributed by atoms with Gasteiger partial charge >= 0.3 is 0 Å². The summed E-state index contributed by atoms with van der Waals surface area (Å²) in [6.45, 7) is 0.917. The summed E-state index contributed by atoms with van der Waals surface area (Å²) < 4.78 is 5.47. The second-order valence-electron chi connectivity index (χ2n) is 6.18. The van der Waals surface area contributed by atoms with Crippen LogP contribution in [0.5, 0.6) is 5.75 Å². The highest BCUT2D eigenvalue weighted by molar-refractivity contribution is 5.95. The van der Waals surface area contributed by atoms with Crippen LogP contribution >= 0.6 is 12.4 Å². The Balaban J connectivity index is 0.00000225. The Bertz CT molecular complexity index is 685. The predicted molar refractivity (Wildman–Crippen MR) is 104 cm³/mol. The van der Waals surface area contributed by atoms with E-state index in [9.17, 15) is 4.79 Å². The Kier molecular flexibility index (Phi) is 7.29. The summed E-state index contributed by atoms with van der Waals surface area (Å²) >= 11 is 0. The molecule has 2 aromatic carbocycles. The molecule has 0 bridgehead atoms. The summed E-state index contributed by atoms with van der Waals surface area (Å²) in [7, 11) is 1.67. The predicted octanol–water partition coefficient (Wildman–Crippen LogP) is 3.79. The van der Waals surface area contributed by atoms with Crippen molar-refractivity contribution in [3.8, 4) is 5.75 Å². The highest BCUT2D eigenvalue weighted by Crippen LogP contribution is 2.25. The molecule has 1 aliphatic rings. The van der Waals surface area contributed by atoms with Crippen LogP contribution in [0.4, 0.5) is 5.69 Å². The van der Waals surface area contributed by atoms with Gasteiger partial charge in [-0.15, -0.1) is 12.4 Å². The van der Waals surface area contributed by atoms with Gasteiger partial charge in [-0.2, -0.15) is 0 Å². The fraction of sp³-hybridized carbons (Fsp3) is 0.350. The summed E-state index contributed by atoms with van der Waals surface area (Å²) in [6.07, 6.45) is 3.93. The Labute approximate surface area is 155 Å². The van der Waals surface area contributed by atoms with Crippen molar-refractivity contribution >= 4 is 24.0 Å². The van der Waals surface area contributed by atoms with E-state index in [0.29, 0.717) is 0 Å².